The van der Waals surface area contributed by atoms with Gasteiger partial charge in [0.1, 0.15) is 5.60 Å². The number of amides is 1. The van der Waals surface area contributed by atoms with Crippen LogP contribution in [0.25, 0.3) is 0 Å². The average Bonchev–Trinajstić information content (AvgIpc) is 3.02. The van der Waals surface area contributed by atoms with Crippen LogP contribution in [0.15, 0.2) is 35.0 Å². The summed E-state index contributed by atoms with van der Waals surface area (Å²) < 4.78 is 18.9. The zero-order valence-corrected chi connectivity index (χ0v) is 13.2. The molecule has 1 aromatic carbocycles. The van der Waals surface area contributed by atoms with Gasteiger partial charge in [0, 0.05) is 0 Å². The molecule has 1 unspecified atom stereocenters. The largest absolute Gasteiger partial charge is 0.490 e. The van der Waals surface area contributed by atoms with Gasteiger partial charge in [0.15, 0.2) is 11.6 Å². The molecule has 1 atom stereocenters. The van der Waals surface area contributed by atoms with E-state index in [1.807, 2.05) is 10.8 Å². The molecule has 0 aliphatic rings. The lowest BCUT2D eigenvalue weighted by atomic mass is 9.99. The Bertz CT molecular complexity index is 641. The van der Waals surface area contributed by atoms with Crippen molar-refractivity contribution in [1.82, 2.24) is 5.32 Å². The second-order valence-electron chi connectivity index (χ2n) is 5.02. The van der Waals surface area contributed by atoms with Crippen LogP contribution in [0.4, 0.5) is 4.39 Å². The summed E-state index contributed by atoms with van der Waals surface area (Å²) in [6.07, 6.45) is 0. The van der Waals surface area contributed by atoms with Crippen LogP contribution >= 0.6 is 11.3 Å². The number of para-hydroxylation sites is 1. The lowest BCUT2D eigenvalue weighted by Gasteiger charge is -2.23. The number of carbonyl (C=O) groups is 1. The van der Waals surface area contributed by atoms with Gasteiger partial charge in [-0.3, -0.25) is 4.79 Å². The molecule has 0 spiro atoms. The molecule has 2 rings (SSSR count). The number of aliphatic hydroxyl groups is 1. The number of carbonyl (C=O) groups excluding carboxylic acids is 1. The molecule has 1 aromatic heterocycles. The van der Waals surface area contributed by atoms with Gasteiger partial charge in [-0.2, -0.15) is 11.3 Å². The fraction of sp³-hybridized carbons (Fsp3) is 0.312. The van der Waals surface area contributed by atoms with E-state index < -0.39 is 17.3 Å². The second kappa shape index (κ2) is 6.89. The Kier molecular flexibility index (Phi) is 5.15. The molecule has 0 saturated carbocycles. The number of ether oxygens (including phenoxy) is 1. The fourth-order valence-corrected chi connectivity index (χ4v) is 2.78. The average molecular weight is 323 g/mol. The summed E-state index contributed by atoms with van der Waals surface area (Å²) in [5, 5.41) is 16.7. The molecular weight excluding hydrogens is 305 g/mol. The van der Waals surface area contributed by atoms with Crippen molar-refractivity contribution in [2.75, 3.05) is 13.2 Å². The van der Waals surface area contributed by atoms with Crippen LogP contribution in [0.2, 0.25) is 0 Å². The van der Waals surface area contributed by atoms with Crippen molar-refractivity contribution >= 4 is 17.2 Å². The Morgan fingerprint density at radius 3 is 2.86 bits per heavy atom. The molecule has 0 radical (unpaired) electrons. The van der Waals surface area contributed by atoms with Crippen molar-refractivity contribution in [1.29, 1.82) is 0 Å². The highest BCUT2D eigenvalue weighted by molar-refractivity contribution is 7.08. The molecule has 0 bridgehead atoms. The van der Waals surface area contributed by atoms with E-state index in [0.29, 0.717) is 0 Å². The summed E-state index contributed by atoms with van der Waals surface area (Å²) >= 11 is 1.47. The highest BCUT2D eigenvalue weighted by atomic mass is 32.1. The first-order valence-corrected chi connectivity index (χ1v) is 7.84. The van der Waals surface area contributed by atoms with Crippen molar-refractivity contribution < 1.29 is 19.0 Å². The molecule has 0 saturated heterocycles. The zero-order valence-electron chi connectivity index (χ0n) is 12.4. The van der Waals surface area contributed by atoms with Gasteiger partial charge in [0.2, 0.25) is 0 Å². The number of halogens is 1. The van der Waals surface area contributed by atoms with Crippen molar-refractivity contribution in [3.8, 4) is 5.75 Å². The van der Waals surface area contributed by atoms with Crippen LogP contribution in [0.3, 0.4) is 0 Å². The van der Waals surface area contributed by atoms with E-state index in [4.69, 9.17) is 4.74 Å². The third kappa shape index (κ3) is 3.64. The number of benzene rings is 1. The maximum Gasteiger partial charge on any atom is 0.255 e. The van der Waals surface area contributed by atoms with Crippen molar-refractivity contribution in [3.05, 3.63) is 52.0 Å². The van der Waals surface area contributed by atoms with Gasteiger partial charge >= 0.3 is 0 Å². The molecule has 0 fully saturated rings. The van der Waals surface area contributed by atoms with Crippen LogP contribution in [-0.4, -0.2) is 24.2 Å². The molecule has 1 heterocycles. The van der Waals surface area contributed by atoms with E-state index in [0.717, 1.165) is 5.56 Å². The minimum atomic E-state index is -1.19. The number of rotatable bonds is 6. The number of thiophene rings is 1. The third-order valence-electron chi connectivity index (χ3n) is 3.24. The molecular formula is C16H18FNO3S. The lowest BCUT2D eigenvalue weighted by molar-refractivity contribution is 0.0529. The van der Waals surface area contributed by atoms with Crippen LogP contribution in [0.5, 0.6) is 5.75 Å². The molecule has 0 aliphatic heterocycles. The van der Waals surface area contributed by atoms with Crippen molar-refractivity contribution in [2.45, 2.75) is 19.4 Å². The SMILES string of the molecule is CCOc1c(F)cccc1C(=O)NCC(C)(O)c1ccsc1. The van der Waals surface area contributed by atoms with Crippen molar-refractivity contribution in [2.24, 2.45) is 0 Å². The Balaban J connectivity index is 2.12. The number of nitrogens with one attached hydrogen (secondary N) is 1. The summed E-state index contributed by atoms with van der Waals surface area (Å²) in [7, 11) is 0. The quantitative estimate of drug-likeness (QED) is 0.859. The van der Waals surface area contributed by atoms with Gasteiger partial charge in [-0.25, -0.2) is 4.39 Å². The number of hydrogen-bond donors (Lipinski definition) is 2. The second-order valence-corrected chi connectivity index (χ2v) is 5.80. The van der Waals surface area contributed by atoms with Gasteiger partial charge in [0.05, 0.1) is 18.7 Å². The first kappa shape index (κ1) is 16.5. The lowest BCUT2D eigenvalue weighted by Crippen LogP contribution is -2.38. The summed E-state index contributed by atoms with van der Waals surface area (Å²) in [6, 6.07) is 5.97. The Morgan fingerprint density at radius 1 is 1.45 bits per heavy atom. The highest BCUT2D eigenvalue weighted by Gasteiger charge is 2.25. The zero-order chi connectivity index (χ0) is 16.2. The molecule has 4 nitrogen and oxygen atoms in total. The van der Waals surface area contributed by atoms with Gasteiger partial charge in [-0.15, -0.1) is 0 Å². The molecule has 2 aromatic rings. The van der Waals surface area contributed by atoms with Gasteiger partial charge in [-0.05, 0) is 48.4 Å². The predicted molar refractivity (Wildman–Crippen MR) is 83.8 cm³/mol. The topological polar surface area (TPSA) is 58.6 Å². The molecule has 0 aliphatic carbocycles. The monoisotopic (exact) mass is 323 g/mol. The third-order valence-corrected chi connectivity index (χ3v) is 3.92. The summed E-state index contributed by atoms with van der Waals surface area (Å²) in [4.78, 5) is 12.2. The van der Waals surface area contributed by atoms with Crippen molar-refractivity contribution in [3.63, 3.8) is 0 Å². The highest BCUT2D eigenvalue weighted by Crippen LogP contribution is 2.24. The normalized spacial score (nSPS) is 13.5. The van der Waals surface area contributed by atoms with Crippen LogP contribution < -0.4 is 10.1 Å². The molecule has 2 N–H and O–H groups in total. The summed E-state index contributed by atoms with van der Waals surface area (Å²) in [5.74, 6) is -1.14. The van der Waals surface area contributed by atoms with Crippen LogP contribution in [0.1, 0.15) is 29.8 Å². The fourth-order valence-electron chi connectivity index (χ4n) is 2.00. The Labute approximate surface area is 132 Å². The maximum absolute atomic E-state index is 13.7. The van der Waals surface area contributed by atoms with Gasteiger partial charge in [-0.1, -0.05) is 6.07 Å². The van der Waals surface area contributed by atoms with E-state index >= 15 is 0 Å². The van der Waals surface area contributed by atoms with Gasteiger partial charge in [0.25, 0.3) is 5.91 Å². The van der Waals surface area contributed by atoms with E-state index in [1.165, 1.54) is 29.5 Å². The molecule has 1 amide bonds. The van der Waals surface area contributed by atoms with E-state index in [2.05, 4.69) is 5.32 Å². The van der Waals surface area contributed by atoms with Gasteiger partial charge < -0.3 is 15.2 Å². The van der Waals surface area contributed by atoms with E-state index in [9.17, 15) is 14.3 Å². The summed E-state index contributed by atoms with van der Waals surface area (Å²) in [6.45, 7) is 3.61. The summed E-state index contributed by atoms with van der Waals surface area (Å²) in [5.41, 5.74) is -0.348. The molecule has 118 valence electrons. The molecule has 6 heteroatoms. The number of hydrogen-bond acceptors (Lipinski definition) is 4. The molecule has 22 heavy (non-hydrogen) atoms. The standard InChI is InChI=1S/C16H18FNO3S/c1-3-21-14-12(5-4-6-13(14)17)15(19)18-10-16(2,20)11-7-8-22-9-11/h4-9,20H,3,10H2,1-2H3,(H,18,19). The smallest absolute Gasteiger partial charge is 0.255 e. The minimum absolute atomic E-state index is 0.0185. The van der Waals surface area contributed by atoms with Crippen LogP contribution in [0, 0.1) is 5.82 Å². The Morgan fingerprint density at radius 2 is 2.23 bits per heavy atom. The first-order chi connectivity index (χ1) is 10.5. The van der Waals surface area contributed by atoms with E-state index in [1.54, 1.807) is 19.9 Å². The van der Waals surface area contributed by atoms with Crippen LogP contribution in [-0.2, 0) is 5.60 Å². The van der Waals surface area contributed by atoms with E-state index in [-0.39, 0.29) is 24.5 Å². The first-order valence-electron chi connectivity index (χ1n) is 6.90. The predicted octanol–water partition coefficient (Wildman–Crippen LogP) is 2.92. The minimum Gasteiger partial charge on any atom is -0.490 e. The Hall–Kier alpha value is -1.92. The maximum atomic E-state index is 13.7.